The summed E-state index contributed by atoms with van der Waals surface area (Å²) in [6, 6.07) is 5.44. The van der Waals surface area contributed by atoms with E-state index in [2.05, 4.69) is 15.5 Å². The lowest BCUT2D eigenvalue weighted by molar-refractivity contribution is 0.0923. The molecule has 2 aliphatic heterocycles. The monoisotopic (exact) mass is 213 g/mol. The second-order valence-electron chi connectivity index (χ2n) is 4.16. The molecule has 2 aliphatic rings. The van der Waals surface area contributed by atoms with Crippen molar-refractivity contribution in [3.63, 3.8) is 0 Å². The lowest BCUT2D eigenvalue weighted by Crippen LogP contribution is -2.62. The van der Waals surface area contributed by atoms with Crippen molar-refractivity contribution in [2.45, 2.75) is 6.17 Å². The fourth-order valence-electron chi connectivity index (χ4n) is 2.33. The van der Waals surface area contributed by atoms with Gasteiger partial charge in [0.25, 0.3) is 5.91 Å². The van der Waals surface area contributed by atoms with E-state index >= 15 is 0 Å². The van der Waals surface area contributed by atoms with Gasteiger partial charge in [-0.25, -0.2) is 0 Å². The van der Waals surface area contributed by atoms with E-state index in [0.29, 0.717) is 11.0 Å². The molecule has 1 atom stereocenters. The Hall–Kier alpha value is -1.49. The topological polar surface area (TPSA) is 44.4 Å². The van der Waals surface area contributed by atoms with Crippen LogP contribution in [0.5, 0.6) is 0 Å². The number of hydrogen-bond acceptors (Lipinski definition) is 3. The molecule has 0 unspecified atom stereocenters. The molecule has 0 saturated carbocycles. The van der Waals surface area contributed by atoms with Gasteiger partial charge < -0.3 is 15.5 Å². The first-order chi connectivity index (χ1) is 7.75. The lowest BCUT2D eigenvalue weighted by Gasteiger charge is -2.42. The Morgan fingerprint density at radius 2 is 2.31 bits per heavy atom. The van der Waals surface area contributed by atoms with Gasteiger partial charge in [-0.2, -0.15) is 0 Å². The Morgan fingerprint density at radius 1 is 1.44 bits per heavy atom. The van der Waals surface area contributed by atoms with E-state index in [1.54, 1.807) is 12.1 Å². The van der Waals surface area contributed by atoms with Crippen LogP contribution in [0.4, 0.5) is 5.69 Å². The molecule has 2 heterocycles. The van der Waals surface area contributed by atoms with Gasteiger partial charge in [0.1, 0.15) is 14.0 Å². The van der Waals surface area contributed by atoms with Crippen molar-refractivity contribution in [2.24, 2.45) is 0 Å². The minimum atomic E-state index is -0.0139. The van der Waals surface area contributed by atoms with Crippen molar-refractivity contribution in [1.29, 1.82) is 0 Å². The minimum absolute atomic E-state index is 0.0139. The first-order valence-electron chi connectivity index (χ1n) is 5.43. The summed E-state index contributed by atoms with van der Waals surface area (Å²) in [5.74, 6) is -0.0139. The number of benzene rings is 1. The molecule has 0 spiro atoms. The number of nitrogens with one attached hydrogen (secondary N) is 2. The summed E-state index contributed by atoms with van der Waals surface area (Å²) in [6.07, 6.45) is 0.0514. The maximum atomic E-state index is 11.8. The fraction of sp³-hybridized carbons (Fsp3) is 0.364. The molecule has 80 valence electrons. The van der Waals surface area contributed by atoms with Gasteiger partial charge in [-0.1, -0.05) is 11.5 Å². The van der Waals surface area contributed by atoms with Gasteiger partial charge in [-0.3, -0.25) is 4.79 Å². The van der Waals surface area contributed by atoms with Crippen LogP contribution >= 0.6 is 0 Å². The number of hydrogen-bond donors (Lipinski definition) is 2. The van der Waals surface area contributed by atoms with Crippen LogP contribution in [0.2, 0.25) is 0 Å². The highest BCUT2D eigenvalue weighted by Gasteiger charge is 2.31. The third-order valence-electron chi connectivity index (χ3n) is 3.12. The van der Waals surface area contributed by atoms with Crippen LogP contribution < -0.4 is 21.0 Å². The van der Waals surface area contributed by atoms with Crippen molar-refractivity contribution in [1.82, 2.24) is 10.6 Å². The molecule has 0 aromatic heterocycles. The van der Waals surface area contributed by atoms with Crippen LogP contribution in [0, 0.1) is 0 Å². The molecule has 5 heteroatoms. The highest BCUT2D eigenvalue weighted by atomic mass is 16.2. The van der Waals surface area contributed by atoms with Crippen molar-refractivity contribution in [3.05, 3.63) is 23.8 Å². The Balaban J connectivity index is 2.09. The summed E-state index contributed by atoms with van der Waals surface area (Å²) in [7, 11) is 5.78. The number of amides is 1. The second kappa shape index (κ2) is 3.52. The summed E-state index contributed by atoms with van der Waals surface area (Å²) in [5, 5.41) is 6.24. The van der Waals surface area contributed by atoms with E-state index in [-0.39, 0.29) is 12.1 Å². The average molecular weight is 213 g/mol. The molecule has 1 aromatic rings. The van der Waals surface area contributed by atoms with Crippen molar-refractivity contribution in [2.75, 3.05) is 24.5 Å². The molecule has 16 heavy (non-hydrogen) atoms. The summed E-state index contributed by atoms with van der Waals surface area (Å²) in [6.45, 7) is 2.60. The number of piperazine rings is 1. The molecule has 1 aromatic carbocycles. The maximum Gasteiger partial charge on any atom is 0.255 e. The van der Waals surface area contributed by atoms with Gasteiger partial charge in [0.05, 0.1) is 11.3 Å². The predicted molar refractivity (Wildman–Crippen MR) is 63.3 cm³/mol. The molecule has 1 fully saturated rings. The highest BCUT2D eigenvalue weighted by molar-refractivity contribution is 6.33. The van der Waals surface area contributed by atoms with Crippen molar-refractivity contribution in [3.8, 4) is 0 Å². The molecule has 0 aliphatic carbocycles. The van der Waals surface area contributed by atoms with Crippen molar-refractivity contribution >= 4 is 24.9 Å². The standard InChI is InChI=1S/C11H12BN3O/c12-7-1-2-8-9(5-7)15-4-3-13-6-10(15)14-11(8)16/h1-2,5,10,13H,3-4,6H2,(H,14,16)/t10-/m0/s1. The van der Waals surface area contributed by atoms with E-state index < -0.39 is 0 Å². The van der Waals surface area contributed by atoms with Gasteiger partial charge in [0, 0.05) is 19.6 Å². The fourth-order valence-corrected chi connectivity index (χ4v) is 2.33. The molecule has 4 nitrogen and oxygen atoms in total. The quantitative estimate of drug-likeness (QED) is 0.541. The Labute approximate surface area is 95.4 Å². The summed E-state index contributed by atoms with van der Waals surface area (Å²) in [4.78, 5) is 14.0. The predicted octanol–water partition coefficient (Wildman–Crippen LogP) is -1.04. The highest BCUT2D eigenvalue weighted by Crippen LogP contribution is 2.25. The molecular weight excluding hydrogens is 201 g/mol. The zero-order chi connectivity index (χ0) is 11.1. The third kappa shape index (κ3) is 1.39. The third-order valence-corrected chi connectivity index (χ3v) is 3.12. The number of nitrogens with zero attached hydrogens (tertiary/aromatic N) is 1. The van der Waals surface area contributed by atoms with Crippen LogP contribution in [-0.2, 0) is 0 Å². The van der Waals surface area contributed by atoms with Gasteiger partial charge >= 0.3 is 0 Å². The van der Waals surface area contributed by atoms with Crippen LogP contribution in [0.3, 0.4) is 0 Å². The van der Waals surface area contributed by atoms with Crippen LogP contribution in [0.15, 0.2) is 18.2 Å². The zero-order valence-electron chi connectivity index (χ0n) is 8.86. The Morgan fingerprint density at radius 3 is 3.19 bits per heavy atom. The van der Waals surface area contributed by atoms with E-state index in [1.807, 2.05) is 6.07 Å². The van der Waals surface area contributed by atoms with Gasteiger partial charge in [-0.15, -0.1) is 0 Å². The normalized spacial score (nSPS) is 23.4. The van der Waals surface area contributed by atoms with Crippen LogP contribution in [0.25, 0.3) is 0 Å². The van der Waals surface area contributed by atoms with Gasteiger partial charge in [-0.05, 0) is 12.1 Å². The molecule has 1 amide bonds. The van der Waals surface area contributed by atoms with Gasteiger partial charge in [0.2, 0.25) is 0 Å². The first-order valence-corrected chi connectivity index (χ1v) is 5.43. The number of fused-ring (bicyclic) bond motifs is 3. The van der Waals surface area contributed by atoms with Crippen LogP contribution in [0.1, 0.15) is 10.4 Å². The molecule has 2 N–H and O–H groups in total. The van der Waals surface area contributed by atoms with Crippen LogP contribution in [-0.4, -0.2) is 39.6 Å². The second-order valence-corrected chi connectivity index (χ2v) is 4.16. The van der Waals surface area contributed by atoms with E-state index in [1.165, 1.54) is 0 Å². The largest absolute Gasteiger partial charge is 0.348 e. The lowest BCUT2D eigenvalue weighted by atomic mass is 9.92. The first kappa shape index (κ1) is 9.72. The molecule has 2 radical (unpaired) electrons. The number of anilines is 1. The number of carbonyl (C=O) groups excluding carboxylic acids is 1. The molecule has 1 saturated heterocycles. The minimum Gasteiger partial charge on any atom is -0.348 e. The SMILES string of the molecule is [B]c1ccc2c(c1)N1CCNC[C@H]1NC2=O. The van der Waals surface area contributed by atoms with Gasteiger partial charge in [0.15, 0.2) is 0 Å². The Bertz CT molecular complexity index is 449. The number of rotatable bonds is 0. The molecular formula is C11H12BN3O. The smallest absolute Gasteiger partial charge is 0.255 e. The van der Waals surface area contributed by atoms with Crippen molar-refractivity contribution < 1.29 is 4.79 Å². The van der Waals surface area contributed by atoms with E-state index in [4.69, 9.17) is 7.85 Å². The summed E-state index contributed by atoms with van der Waals surface area (Å²) >= 11 is 0. The average Bonchev–Trinajstić information content (AvgIpc) is 2.29. The summed E-state index contributed by atoms with van der Waals surface area (Å²) in [5.41, 5.74) is 2.37. The van der Waals surface area contributed by atoms with E-state index in [0.717, 1.165) is 25.3 Å². The molecule has 3 rings (SSSR count). The van der Waals surface area contributed by atoms with E-state index in [9.17, 15) is 4.79 Å². The molecule has 0 bridgehead atoms. The summed E-state index contributed by atoms with van der Waals surface area (Å²) < 4.78 is 0. The Kier molecular flexibility index (Phi) is 2.14. The number of carbonyl (C=O) groups is 1. The maximum absolute atomic E-state index is 11.8. The zero-order valence-corrected chi connectivity index (χ0v) is 8.86.